The molecule has 4 N–H and O–H groups in total. The fourth-order valence-corrected chi connectivity index (χ4v) is 2.88. The first kappa shape index (κ1) is 7.56. The topological polar surface area (TPSA) is 52.0 Å². The number of hydrogen-bond acceptors (Lipinski definition) is 2. The Kier molecular flexibility index (Phi) is 1.69. The second-order valence-electron chi connectivity index (χ2n) is 4.29. The number of rotatable bonds is 0. The van der Waals surface area contributed by atoms with Crippen LogP contribution in [0.2, 0.25) is 0 Å². The summed E-state index contributed by atoms with van der Waals surface area (Å²) >= 11 is 0. The molecule has 0 aromatic carbocycles. The number of nitrogens with two attached hydrogens (primary N) is 2. The van der Waals surface area contributed by atoms with Gasteiger partial charge < -0.3 is 11.5 Å². The Morgan fingerprint density at radius 1 is 1.09 bits per heavy atom. The van der Waals surface area contributed by atoms with Crippen molar-refractivity contribution in [2.75, 3.05) is 0 Å². The van der Waals surface area contributed by atoms with Gasteiger partial charge in [0.25, 0.3) is 0 Å². The van der Waals surface area contributed by atoms with Gasteiger partial charge in [-0.25, -0.2) is 0 Å². The van der Waals surface area contributed by atoms with Gasteiger partial charge in [-0.3, -0.25) is 0 Å². The molecule has 0 heterocycles. The molecule has 0 bridgehead atoms. The van der Waals surface area contributed by atoms with E-state index in [0.717, 1.165) is 6.42 Å². The van der Waals surface area contributed by atoms with Crippen molar-refractivity contribution in [1.29, 1.82) is 0 Å². The molecule has 0 spiro atoms. The molecule has 0 radical (unpaired) electrons. The molecule has 0 aliphatic heterocycles. The predicted octanol–water partition coefficient (Wildman–Crippen LogP) is 0.995. The lowest BCUT2D eigenvalue weighted by atomic mass is 9.75. The molecule has 3 atom stereocenters. The Bertz CT molecular complexity index is 154. The van der Waals surface area contributed by atoms with Gasteiger partial charge in [0.2, 0.25) is 0 Å². The zero-order valence-corrected chi connectivity index (χ0v) is 7.05. The minimum Gasteiger partial charge on any atom is -0.327 e. The maximum atomic E-state index is 6.27. The van der Waals surface area contributed by atoms with Crippen LogP contribution in [-0.4, -0.2) is 11.6 Å². The average molecular weight is 154 g/mol. The maximum absolute atomic E-state index is 6.27. The highest BCUT2D eigenvalue weighted by atomic mass is 14.8. The quantitative estimate of drug-likeness (QED) is 0.547. The summed E-state index contributed by atoms with van der Waals surface area (Å²) in [6.45, 7) is 0. The summed E-state index contributed by atoms with van der Waals surface area (Å²) in [5, 5.41) is 0. The highest BCUT2D eigenvalue weighted by molar-refractivity contribution is 5.04. The first-order valence-corrected chi connectivity index (χ1v) is 4.77. The van der Waals surface area contributed by atoms with Crippen LogP contribution in [-0.2, 0) is 0 Å². The molecule has 0 aromatic heterocycles. The summed E-state index contributed by atoms with van der Waals surface area (Å²) in [4.78, 5) is 0. The SMILES string of the molecule is NC1CCC2(N)CCCCC12. The second-order valence-corrected chi connectivity index (χ2v) is 4.29. The number of fused-ring (bicyclic) bond motifs is 1. The highest BCUT2D eigenvalue weighted by Gasteiger charge is 2.45. The molecule has 2 fully saturated rings. The molecule has 2 nitrogen and oxygen atoms in total. The molecule has 0 saturated heterocycles. The minimum atomic E-state index is 0.137. The van der Waals surface area contributed by atoms with Crippen molar-refractivity contribution in [2.24, 2.45) is 17.4 Å². The Balaban J connectivity index is 2.14. The molecule has 64 valence electrons. The second kappa shape index (κ2) is 2.46. The summed E-state index contributed by atoms with van der Waals surface area (Å²) in [5.74, 6) is 0.635. The van der Waals surface area contributed by atoms with Crippen molar-refractivity contribution in [3.8, 4) is 0 Å². The van der Waals surface area contributed by atoms with Gasteiger partial charge in [-0.1, -0.05) is 12.8 Å². The lowest BCUT2D eigenvalue weighted by Gasteiger charge is -2.37. The highest BCUT2D eigenvalue weighted by Crippen LogP contribution is 2.42. The van der Waals surface area contributed by atoms with Crippen molar-refractivity contribution >= 4 is 0 Å². The zero-order chi connectivity index (χ0) is 7.90. The van der Waals surface area contributed by atoms with E-state index in [1.165, 1.54) is 32.1 Å². The Labute approximate surface area is 68.3 Å². The first-order chi connectivity index (χ1) is 5.22. The van der Waals surface area contributed by atoms with E-state index < -0.39 is 0 Å². The molecule has 2 aliphatic rings. The maximum Gasteiger partial charge on any atom is 0.0198 e. The van der Waals surface area contributed by atoms with E-state index in [-0.39, 0.29) is 5.54 Å². The molecular formula is C9H18N2. The third-order valence-corrected chi connectivity index (χ3v) is 3.61. The predicted molar refractivity (Wildman–Crippen MR) is 46.1 cm³/mol. The van der Waals surface area contributed by atoms with Crippen LogP contribution in [0.1, 0.15) is 38.5 Å². The Morgan fingerprint density at radius 2 is 1.91 bits per heavy atom. The van der Waals surface area contributed by atoms with E-state index in [0.29, 0.717) is 12.0 Å². The summed E-state index contributed by atoms with van der Waals surface area (Å²) < 4.78 is 0. The van der Waals surface area contributed by atoms with Crippen LogP contribution in [0.25, 0.3) is 0 Å². The van der Waals surface area contributed by atoms with Gasteiger partial charge in [0, 0.05) is 11.6 Å². The van der Waals surface area contributed by atoms with Gasteiger partial charge >= 0.3 is 0 Å². The minimum absolute atomic E-state index is 0.137. The van der Waals surface area contributed by atoms with Gasteiger partial charge in [-0.15, -0.1) is 0 Å². The molecule has 0 amide bonds. The van der Waals surface area contributed by atoms with E-state index in [4.69, 9.17) is 11.5 Å². The van der Waals surface area contributed by atoms with Gasteiger partial charge in [0.05, 0.1) is 0 Å². The van der Waals surface area contributed by atoms with E-state index in [9.17, 15) is 0 Å². The van der Waals surface area contributed by atoms with Crippen LogP contribution in [0.5, 0.6) is 0 Å². The van der Waals surface area contributed by atoms with Crippen LogP contribution >= 0.6 is 0 Å². The van der Waals surface area contributed by atoms with Crippen LogP contribution in [0.15, 0.2) is 0 Å². The van der Waals surface area contributed by atoms with Gasteiger partial charge in [0.1, 0.15) is 0 Å². The molecule has 11 heavy (non-hydrogen) atoms. The third-order valence-electron chi connectivity index (χ3n) is 3.61. The van der Waals surface area contributed by atoms with Crippen LogP contribution in [0, 0.1) is 5.92 Å². The van der Waals surface area contributed by atoms with Gasteiger partial charge in [0.15, 0.2) is 0 Å². The van der Waals surface area contributed by atoms with Gasteiger partial charge in [-0.05, 0) is 31.6 Å². The Morgan fingerprint density at radius 3 is 2.64 bits per heavy atom. The summed E-state index contributed by atoms with van der Waals surface area (Å²) in [5.41, 5.74) is 12.4. The largest absolute Gasteiger partial charge is 0.327 e. The van der Waals surface area contributed by atoms with Crippen molar-refractivity contribution in [3.05, 3.63) is 0 Å². The average Bonchev–Trinajstić information content (AvgIpc) is 2.29. The summed E-state index contributed by atoms with van der Waals surface area (Å²) in [7, 11) is 0. The lowest BCUT2D eigenvalue weighted by molar-refractivity contribution is 0.213. The zero-order valence-electron chi connectivity index (χ0n) is 7.05. The Hall–Kier alpha value is -0.0800. The first-order valence-electron chi connectivity index (χ1n) is 4.77. The molecule has 0 aromatic rings. The van der Waals surface area contributed by atoms with E-state index in [1.54, 1.807) is 0 Å². The van der Waals surface area contributed by atoms with Crippen molar-refractivity contribution < 1.29 is 0 Å². The van der Waals surface area contributed by atoms with Crippen LogP contribution < -0.4 is 11.5 Å². The third kappa shape index (κ3) is 1.09. The number of hydrogen-bond donors (Lipinski definition) is 2. The lowest BCUT2D eigenvalue weighted by Crippen LogP contribution is -2.49. The van der Waals surface area contributed by atoms with E-state index in [1.807, 2.05) is 0 Å². The van der Waals surface area contributed by atoms with Crippen molar-refractivity contribution in [2.45, 2.75) is 50.1 Å². The van der Waals surface area contributed by atoms with Gasteiger partial charge in [-0.2, -0.15) is 0 Å². The van der Waals surface area contributed by atoms with Crippen LogP contribution in [0.4, 0.5) is 0 Å². The normalized spacial score (nSPS) is 50.7. The van der Waals surface area contributed by atoms with E-state index in [2.05, 4.69) is 0 Å². The molecule has 2 heteroatoms. The van der Waals surface area contributed by atoms with Crippen LogP contribution in [0.3, 0.4) is 0 Å². The molecule has 3 unspecified atom stereocenters. The van der Waals surface area contributed by atoms with E-state index >= 15 is 0 Å². The summed E-state index contributed by atoms with van der Waals surface area (Å²) in [6, 6.07) is 0.403. The molecule has 2 saturated carbocycles. The molecule has 2 aliphatic carbocycles. The standard InChI is InChI=1S/C9H18N2/c10-8-4-6-9(11)5-2-1-3-7(8)9/h7-8H,1-6,10-11H2. The smallest absolute Gasteiger partial charge is 0.0198 e. The molecular weight excluding hydrogens is 136 g/mol. The monoisotopic (exact) mass is 154 g/mol. The fraction of sp³-hybridized carbons (Fsp3) is 1.00. The fourth-order valence-electron chi connectivity index (χ4n) is 2.88. The summed E-state index contributed by atoms with van der Waals surface area (Å²) in [6.07, 6.45) is 7.47. The van der Waals surface area contributed by atoms with Crippen molar-refractivity contribution in [1.82, 2.24) is 0 Å². The molecule has 2 rings (SSSR count). The van der Waals surface area contributed by atoms with Crippen molar-refractivity contribution in [3.63, 3.8) is 0 Å².